The number of hydrogen-bond donors (Lipinski definition) is 2. The van der Waals surface area contributed by atoms with E-state index in [9.17, 15) is 4.79 Å². The Hall–Kier alpha value is -4.70. The highest BCUT2D eigenvalue weighted by atomic mass is 16.5. The lowest BCUT2D eigenvalue weighted by atomic mass is 9.85. The van der Waals surface area contributed by atoms with Gasteiger partial charge in [0.15, 0.2) is 11.5 Å². The van der Waals surface area contributed by atoms with Crippen molar-refractivity contribution in [3.63, 3.8) is 0 Å². The van der Waals surface area contributed by atoms with Gasteiger partial charge in [0, 0.05) is 11.5 Å². The summed E-state index contributed by atoms with van der Waals surface area (Å²) in [4.78, 5) is 15.9. The standard InChI is InChI=1S/C38H46N8O2/c1-25-13-15-26(16-14-25)46-34(23-32(43-46)37(2,3)4)40-36(47)39-30-18-19-31(29-12-8-7-11-28(29)30)48-27-17-20-33-41-42-35(45(33)24-27)38(44(5)6)21-9-10-22-38/h7-8,11-17,20,23-24,30-31H,9-10,18-19,21-22H2,1-6H3,(H2,39,40,47)/t30-,31+/m0/s1. The number of rotatable bonds is 7. The molecule has 0 unspecified atom stereocenters. The second-order valence-corrected chi connectivity index (χ2v) is 14.6. The summed E-state index contributed by atoms with van der Waals surface area (Å²) in [6.07, 6.45) is 7.89. The van der Waals surface area contributed by atoms with Gasteiger partial charge in [0.05, 0.1) is 29.2 Å². The van der Waals surface area contributed by atoms with Crippen molar-refractivity contribution in [2.75, 3.05) is 19.4 Å². The number of nitrogens with zero attached hydrogens (tertiary/aromatic N) is 6. The minimum absolute atomic E-state index is 0.124. The topological polar surface area (TPSA) is 102 Å². The van der Waals surface area contributed by atoms with Gasteiger partial charge in [-0.05, 0) is 82.1 Å². The molecule has 2 amide bonds. The third kappa shape index (κ3) is 5.94. The molecule has 0 radical (unpaired) electrons. The molecule has 2 aromatic carbocycles. The molecule has 1 fully saturated rings. The SMILES string of the molecule is Cc1ccc(-n2nc(C(C)(C)C)cc2NC(=O)N[C@H]2CC[C@@H](Oc3ccc4nnc(C5(N(C)C)CCCC5)n4c3)c3ccccc32)cc1. The van der Waals surface area contributed by atoms with Crippen LogP contribution in [0.15, 0.2) is 72.9 Å². The summed E-state index contributed by atoms with van der Waals surface area (Å²) in [6.45, 7) is 8.42. The van der Waals surface area contributed by atoms with Gasteiger partial charge in [0.2, 0.25) is 0 Å². The third-order valence-corrected chi connectivity index (χ3v) is 10.1. The Morgan fingerprint density at radius 1 is 0.958 bits per heavy atom. The summed E-state index contributed by atoms with van der Waals surface area (Å²) in [5.74, 6) is 2.38. The number of hydrogen-bond acceptors (Lipinski definition) is 6. The van der Waals surface area contributed by atoms with Crippen LogP contribution in [0.25, 0.3) is 11.3 Å². The molecule has 3 heterocycles. The molecule has 0 spiro atoms. The molecular formula is C38H46N8O2. The number of ether oxygens (including phenoxy) is 1. The van der Waals surface area contributed by atoms with Crippen LogP contribution in [0.1, 0.15) is 99.7 Å². The number of pyridine rings is 1. The maximum absolute atomic E-state index is 13.6. The van der Waals surface area contributed by atoms with Gasteiger partial charge in [-0.25, -0.2) is 9.48 Å². The maximum Gasteiger partial charge on any atom is 0.320 e. The van der Waals surface area contributed by atoms with Gasteiger partial charge in [-0.2, -0.15) is 5.10 Å². The fourth-order valence-corrected chi connectivity index (χ4v) is 7.31. The summed E-state index contributed by atoms with van der Waals surface area (Å²) in [5.41, 5.74) is 5.63. The molecule has 10 heteroatoms. The zero-order chi connectivity index (χ0) is 33.6. The zero-order valence-corrected chi connectivity index (χ0v) is 28.8. The van der Waals surface area contributed by atoms with Crippen LogP contribution in [-0.4, -0.2) is 49.4 Å². The zero-order valence-electron chi connectivity index (χ0n) is 28.8. The summed E-state index contributed by atoms with van der Waals surface area (Å²) < 4.78 is 10.6. The van der Waals surface area contributed by atoms with Gasteiger partial charge in [-0.15, -0.1) is 10.2 Å². The lowest BCUT2D eigenvalue weighted by molar-refractivity contribution is 0.145. The van der Waals surface area contributed by atoms with E-state index in [0.717, 1.165) is 65.4 Å². The fraction of sp³-hybridized carbons (Fsp3) is 0.421. The van der Waals surface area contributed by atoms with Crippen LogP contribution in [0, 0.1) is 6.92 Å². The maximum atomic E-state index is 13.6. The Morgan fingerprint density at radius 3 is 2.40 bits per heavy atom. The van der Waals surface area contributed by atoms with Crippen molar-refractivity contribution in [1.29, 1.82) is 0 Å². The fourth-order valence-electron chi connectivity index (χ4n) is 7.31. The Kier molecular flexibility index (Phi) is 8.23. The van der Waals surface area contributed by atoms with Gasteiger partial charge < -0.3 is 10.1 Å². The number of carbonyl (C=O) groups excluding carboxylic acids is 1. The highest BCUT2D eigenvalue weighted by Gasteiger charge is 2.42. The number of benzene rings is 2. The first-order valence-corrected chi connectivity index (χ1v) is 17.1. The number of carbonyl (C=O) groups is 1. The van der Waals surface area contributed by atoms with E-state index in [2.05, 4.69) is 84.1 Å². The Balaban J connectivity index is 1.10. The largest absolute Gasteiger partial charge is 0.484 e. The molecule has 3 aromatic heterocycles. The van der Waals surface area contributed by atoms with Crippen molar-refractivity contribution in [1.82, 2.24) is 34.6 Å². The first kappa shape index (κ1) is 31.9. The van der Waals surface area contributed by atoms with Crippen LogP contribution in [-0.2, 0) is 11.0 Å². The lowest BCUT2D eigenvalue weighted by Gasteiger charge is -2.34. The third-order valence-electron chi connectivity index (χ3n) is 10.1. The van der Waals surface area contributed by atoms with Crippen LogP contribution >= 0.6 is 0 Å². The highest BCUT2D eigenvalue weighted by molar-refractivity contribution is 5.89. The smallest absolute Gasteiger partial charge is 0.320 e. The van der Waals surface area contributed by atoms with E-state index in [4.69, 9.17) is 9.84 Å². The molecule has 2 aliphatic carbocycles. The predicted molar refractivity (Wildman–Crippen MR) is 188 cm³/mol. The molecule has 1 saturated carbocycles. The summed E-state index contributed by atoms with van der Waals surface area (Å²) in [7, 11) is 4.27. The summed E-state index contributed by atoms with van der Waals surface area (Å²) in [5, 5.41) is 20.4. The molecule has 2 atom stereocenters. The minimum Gasteiger partial charge on any atom is -0.484 e. The number of anilines is 1. The second kappa shape index (κ2) is 12.4. The van der Waals surface area contributed by atoms with Crippen molar-refractivity contribution in [3.05, 3.63) is 101 Å². The quantitative estimate of drug-likeness (QED) is 0.189. The van der Waals surface area contributed by atoms with Gasteiger partial charge in [-0.1, -0.05) is 75.6 Å². The molecule has 0 bridgehead atoms. The number of amides is 2. The first-order chi connectivity index (χ1) is 23.0. The van der Waals surface area contributed by atoms with Gasteiger partial charge in [0.1, 0.15) is 17.7 Å². The van der Waals surface area contributed by atoms with Crippen LogP contribution < -0.4 is 15.4 Å². The van der Waals surface area contributed by atoms with Crippen LogP contribution in [0.5, 0.6) is 5.75 Å². The molecule has 250 valence electrons. The van der Waals surface area contributed by atoms with Crippen molar-refractivity contribution >= 4 is 17.5 Å². The molecular weight excluding hydrogens is 600 g/mol. The summed E-state index contributed by atoms with van der Waals surface area (Å²) in [6, 6.07) is 21.9. The van der Waals surface area contributed by atoms with Crippen molar-refractivity contribution in [2.45, 2.75) is 89.3 Å². The van der Waals surface area contributed by atoms with E-state index in [0.29, 0.717) is 5.82 Å². The second-order valence-electron chi connectivity index (χ2n) is 14.6. The van der Waals surface area contributed by atoms with Crippen LogP contribution in [0.4, 0.5) is 10.6 Å². The normalized spacial score (nSPS) is 19.0. The Bertz CT molecular complexity index is 1930. The molecule has 5 aromatic rings. The lowest BCUT2D eigenvalue weighted by Crippen LogP contribution is -2.40. The number of aromatic nitrogens is 5. The first-order valence-electron chi connectivity index (χ1n) is 17.1. The Morgan fingerprint density at radius 2 is 1.69 bits per heavy atom. The molecule has 10 nitrogen and oxygen atoms in total. The molecule has 7 rings (SSSR count). The van der Waals surface area contributed by atoms with E-state index < -0.39 is 0 Å². The van der Waals surface area contributed by atoms with Crippen molar-refractivity contribution in [2.24, 2.45) is 0 Å². The predicted octanol–water partition coefficient (Wildman–Crippen LogP) is 7.63. The molecule has 2 N–H and O–H groups in total. The van der Waals surface area contributed by atoms with E-state index in [-0.39, 0.29) is 29.1 Å². The van der Waals surface area contributed by atoms with Gasteiger partial charge in [0.25, 0.3) is 0 Å². The number of nitrogens with one attached hydrogen (secondary N) is 2. The van der Waals surface area contributed by atoms with Crippen LogP contribution in [0.3, 0.4) is 0 Å². The molecule has 0 saturated heterocycles. The van der Waals surface area contributed by atoms with Gasteiger partial charge >= 0.3 is 6.03 Å². The molecule has 2 aliphatic rings. The van der Waals surface area contributed by atoms with E-state index in [1.54, 1.807) is 0 Å². The van der Waals surface area contributed by atoms with E-state index in [1.807, 2.05) is 65.5 Å². The average molecular weight is 647 g/mol. The number of fused-ring (bicyclic) bond motifs is 2. The highest BCUT2D eigenvalue weighted by Crippen LogP contribution is 2.43. The monoisotopic (exact) mass is 646 g/mol. The molecule has 0 aliphatic heterocycles. The number of aryl methyl sites for hydroxylation is 1. The minimum atomic E-state index is -0.268. The Labute approximate surface area is 282 Å². The van der Waals surface area contributed by atoms with Gasteiger partial charge in [-0.3, -0.25) is 14.6 Å². The van der Waals surface area contributed by atoms with Crippen molar-refractivity contribution in [3.8, 4) is 11.4 Å². The van der Waals surface area contributed by atoms with E-state index in [1.165, 1.54) is 18.4 Å². The van der Waals surface area contributed by atoms with Crippen molar-refractivity contribution < 1.29 is 9.53 Å². The summed E-state index contributed by atoms with van der Waals surface area (Å²) >= 11 is 0. The van der Waals surface area contributed by atoms with E-state index >= 15 is 0 Å². The average Bonchev–Trinajstić information content (AvgIpc) is 3.82. The number of urea groups is 1. The molecule has 48 heavy (non-hydrogen) atoms. The van der Waals surface area contributed by atoms with Crippen LogP contribution in [0.2, 0.25) is 0 Å².